The second-order valence-corrected chi connectivity index (χ2v) is 4.85. The Balaban J connectivity index is 2.08. The van der Waals surface area contributed by atoms with E-state index in [1.165, 1.54) is 12.8 Å². The van der Waals surface area contributed by atoms with Gasteiger partial charge in [0.25, 0.3) is 0 Å². The zero-order valence-corrected chi connectivity index (χ0v) is 11.5. The molecule has 1 saturated heterocycles. The van der Waals surface area contributed by atoms with Gasteiger partial charge in [-0.2, -0.15) is 0 Å². The first-order chi connectivity index (χ1) is 8.76. The lowest BCUT2D eigenvalue weighted by Gasteiger charge is -2.22. The van der Waals surface area contributed by atoms with Crippen LogP contribution in [0.5, 0.6) is 0 Å². The molecule has 2 N–H and O–H groups in total. The van der Waals surface area contributed by atoms with Gasteiger partial charge in [-0.15, -0.1) is 0 Å². The van der Waals surface area contributed by atoms with Gasteiger partial charge in [-0.3, -0.25) is 4.79 Å². The quantitative estimate of drug-likeness (QED) is 0.667. The van der Waals surface area contributed by atoms with Crippen LogP contribution in [0.1, 0.15) is 25.7 Å². The standard InChI is InChI=1S/C13H26N2O3/c1-17-10-12(18-2)9-15-13(16)4-3-11-5-7-14-8-6-11/h11-12,14H,3-10H2,1-2H3,(H,15,16). The summed E-state index contributed by atoms with van der Waals surface area (Å²) in [6.45, 7) is 3.21. The van der Waals surface area contributed by atoms with E-state index in [0.717, 1.165) is 19.5 Å². The minimum Gasteiger partial charge on any atom is -0.382 e. The van der Waals surface area contributed by atoms with Crippen LogP contribution in [0, 0.1) is 5.92 Å². The second kappa shape index (κ2) is 9.30. The fourth-order valence-corrected chi connectivity index (χ4v) is 2.22. The molecule has 1 rings (SSSR count). The Hall–Kier alpha value is -0.650. The summed E-state index contributed by atoms with van der Waals surface area (Å²) in [6, 6.07) is 0. The van der Waals surface area contributed by atoms with Crippen LogP contribution in [0.15, 0.2) is 0 Å². The van der Waals surface area contributed by atoms with Crippen LogP contribution < -0.4 is 10.6 Å². The highest BCUT2D eigenvalue weighted by Gasteiger charge is 2.15. The van der Waals surface area contributed by atoms with E-state index in [0.29, 0.717) is 25.5 Å². The molecule has 1 atom stereocenters. The Morgan fingerprint density at radius 3 is 2.72 bits per heavy atom. The molecule has 0 aliphatic carbocycles. The highest BCUT2D eigenvalue weighted by molar-refractivity contribution is 5.75. The Labute approximate surface area is 110 Å². The molecule has 1 amide bonds. The van der Waals surface area contributed by atoms with Crippen molar-refractivity contribution in [2.45, 2.75) is 31.8 Å². The van der Waals surface area contributed by atoms with E-state index in [4.69, 9.17) is 9.47 Å². The third-order valence-electron chi connectivity index (χ3n) is 3.45. The van der Waals surface area contributed by atoms with Gasteiger partial charge in [0.15, 0.2) is 0 Å². The van der Waals surface area contributed by atoms with Gasteiger partial charge in [0.05, 0.1) is 12.7 Å². The van der Waals surface area contributed by atoms with Gasteiger partial charge in [0.1, 0.15) is 0 Å². The Kier molecular flexibility index (Phi) is 7.96. The van der Waals surface area contributed by atoms with Crippen LogP contribution in [0.25, 0.3) is 0 Å². The maximum atomic E-state index is 11.7. The number of hydrogen-bond acceptors (Lipinski definition) is 4. The third kappa shape index (κ3) is 6.33. The lowest BCUT2D eigenvalue weighted by Crippen LogP contribution is -2.36. The van der Waals surface area contributed by atoms with E-state index in [2.05, 4.69) is 10.6 Å². The van der Waals surface area contributed by atoms with Crippen LogP contribution in [0.4, 0.5) is 0 Å². The Morgan fingerprint density at radius 1 is 1.39 bits per heavy atom. The number of hydrogen-bond donors (Lipinski definition) is 2. The molecule has 5 heteroatoms. The molecular weight excluding hydrogens is 232 g/mol. The van der Waals surface area contributed by atoms with Gasteiger partial charge < -0.3 is 20.1 Å². The van der Waals surface area contributed by atoms with E-state index in [1.54, 1.807) is 14.2 Å². The summed E-state index contributed by atoms with van der Waals surface area (Å²) in [7, 11) is 3.26. The van der Waals surface area contributed by atoms with Crippen LogP contribution in [-0.2, 0) is 14.3 Å². The molecule has 0 aromatic rings. The normalized spacial score (nSPS) is 18.6. The summed E-state index contributed by atoms with van der Waals surface area (Å²) in [4.78, 5) is 11.7. The number of carbonyl (C=O) groups excluding carboxylic acids is 1. The number of nitrogens with one attached hydrogen (secondary N) is 2. The van der Waals surface area contributed by atoms with Crippen LogP contribution >= 0.6 is 0 Å². The summed E-state index contributed by atoms with van der Waals surface area (Å²) in [6.07, 6.45) is 3.94. The SMILES string of the molecule is COCC(CNC(=O)CCC1CCNCC1)OC. The molecule has 0 bridgehead atoms. The van der Waals surface area contributed by atoms with Gasteiger partial charge in [-0.25, -0.2) is 0 Å². The van der Waals surface area contributed by atoms with Gasteiger partial charge in [0, 0.05) is 27.2 Å². The lowest BCUT2D eigenvalue weighted by molar-refractivity contribution is -0.122. The number of rotatable bonds is 8. The number of ether oxygens (including phenoxy) is 2. The van der Waals surface area contributed by atoms with Gasteiger partial charge in [-0.1, -0.05) is 0 Å². The van der Waals surface area contributed by atoms with Gasteiger partial charge >= 0.3 is 0 Å². The number of carbonyl (C=O) groups is 1. The van der Waals surface area contributed by atoms with Crippen molar-refractivity contribution in [3.63, 3.8) is 0 Å². The summed E-state index contributed by atoms with van der Waals surface area (Å²) >= 11 is 0. The maximum absolute atomic E-state index is 11.7. The first-order valence-electron chi connectivity index (χ1n) is 6.75. The van der Waals surface area contributed by atoms with Crippen LogP contribution in [0.3, 0.4) is 0 Å². The predicted octanol–water partition coefficient (Wildman–Crippen LogP) is 0.544. The molecular formula is C13H26N2O3. The molecule has 0 saturated carbocycles. The zero-order valence-electron chi connectivity index (χ0n) is 11.5. The molecule has 0 aromatic heterocycles. The molecule has 106 valence electrons. The van der Waals surface area contributed by atoms with Gasteiger partial charge in [-0.05, 0) is 38.3 Å². The van der Waals surface area contributed by atoms with Crippen molar-refractivity contribution in [2.75, 3.05) is 40.5 Å². The first-order valence-corrected chi connectivity index (χ1v) is 6.75. The largest absolute Gasteiger partial charge is 0.382 e. The van der Waals surface area contributed by atoms with Crippen molar-refractivity contribution in [3.8, 4) is 0 Å². The maximum Gasteiger partial charge on any atom is 0.220 e. The molecule has 1 aliphatic rings. The highest BCUT2D eigenvalue weighted by atomic mass is 16.5. The van der Waals surface area contributed by atoms with Crippen molar-refractivity contribution >= 4 is 5.91 Å². The molecule has 0 spiro atoms. The average Bonchev–Trinajstić information content (AvgIpc) is 2.42. The highest BCUT2D eigenvalue weighted by Crippen LogP contribution is 2.17. The third-order valence-corrected chi connectivity index (χ3v) is 3.45. The first kappa shape index (κ1) is 15.4. The van der Waals surface area contributed by atoms with Crippen molar-refractivity contribution in [2.24, 2.45) is 5.92 Å². The van der Waals surface area contributed by atoms with E-state index in [1.807, 2.05) is 0 Å². The number of methoxy groups -OCH3 is 2. The van der Waals surface area contributed by atoms with E-state index >= 15 is 0 Å². The molecule has 18 heavy (non-hydrogen) atoms. The van der Waals surface area contributed by atoms with Crippen molar-refractivity contribution < 1.29 is 14.3 Å². The Morgan fingerprint density at radius 2 is 2.11 bits per heavy atom. The summed E-state index contributed by atoms with van der Waals surface area (Å²) in [5.74, 6) is 0.820. The molecule has 0 aromatic carbocycles. The monoisotopic (exact) mass is 258 g/mol. The smallest absolute Gasteiger partial charge is 0.220 e. The van der Waals surface area contributed by atoms with E-state index in [9.17, 15) is 4.79 Å². The minimum absolute atomic E-state index is 0.0576. The average molecular weight is 258 g/mol. The molecule has 1 heterocycles. The summed E-state index contributed by atoms with van der Waals surface area (Å²) in [5.41, 5.74) is 0. The molecule has 1 fully saturated rings. The van der Waals surface area contributed by atoms with Crippen LogP contribution in [0.2, 0.25) is 0 Å². The van der Waals surface area contributed by atoms with E-state index in [-0.39, 0.29) is 12.0 Å². The van der Waals surface area contributed by atoms with Crippen molar-refractivity contribution in [1.29, 1.82) is 0 Å². The Bertz CT molecular complexity index is 220. The lowest BCUT2D eigenvalue weighted by atomic mass is 9.93. The van der Waals surface area contributed by atoms with E-state index < -0.39 is 0 Å². The van der Waals surface area contributed by atoms with Gasteiger partial charge in [0.2, 0.25) is 5.91 Å². The molecule has 1 aliphatic heterocycles. The second-order valence-electron chi connectivity index (χ2n) is 4.85. The minimum atomic E-state index is -0.0576. The summed E-state index contributed by atoms with van der Waals surface area (Å²) < 4.78 is 10.2. The predicted molar refractivity (Wildman–Crippen MR) is 70.5 cm³/mol. The van der Waals surface area contributed by atoms with Crippen molar-refractivity contribution in [3.05, 3.63) is 0 Å². The zero-order chi connectivity index (χ0) is 13.2. The molecule has 5 nitrogen and oxygen atoms in total. The molecule has 0 radical (unpaired) electrons. The number of piperidine rings is 1. The van der Waals surface area contributed by atoms with Crippen LogP contribution in [-0.4, -0.2) is 52.5 Å². The fourth-order valence-electron chi connectivity index (χ4n) is 2.22. The van der Waals surface area contributed by atoms with Crippen molar-refractivity contribution in [1.82, 2.24) is 10.6 Å². The number of amides is 1. The fraction of sp³-hybridized carbons (Fsp3) is 0.923. The molecule has 1 unspecified atom stereocenters. The summed E-state index contributed by atoms with van der Waals surface area (Å²) in [5, 5.41) is 6.23. The topological polar surface area (TPSA) is 59.6 Å².